The van der Waals surface area contributed by atoms with E-state index in [-0.39, 0.29) is 12.8 Å². The van der Waals surface area contributed by atoms with Crippen molar-refractivity contribution in [2.24, 2.45) is 11.5 Å². The van der Waals surface area contributed by atoms with Crippen LogP contribution in [0.5, 0.6) is 0 Å². The maximum absolute atomic E-state index is 11.1. The Labute approximate surface area is 86.8 Å². The van der Waals surface area contributed by atoms with Crippen LogP contribution in [0, 0.1) is 0 Å². The molecule has 0 aromatic heterocycles. The van der Waals surface area contributed by atoms with Gasteiger partial charge in [-0.1, -0.05) is 0 Å². The van der Waals surface area contributed by atoms with Crippen LogP contribution in [0.2, 0.25) is 0 Å². The van der Waals surface area contributed by atoms with E-state index >= 15 is 0 Å². The molecule has 0 saturated heterocycles. The van der Waals surface area contributed by atoms with Crippen molar-refractivity contribution in [1.29, 1.82) is 0 Å². The van der Waals surface area contributed by atoms with Gasteiger partial charge in [-0.15, -0.1) is 0 Å². The van der Waals surface area contributed by atoms with E-state index in [9.17, 15) is 14.4 Å². The van der Waals surface area contributed by atoms with Crippen LogP contribution < -0.4 is 16.8 Å². The highest BCUT2D eigenvalue weighted by Crippen LogP contribution is 1.97. The lowest BCUT2D eigenvalue weighted by Gasteiger charge is -2.14. The molecule has 0 aromatic rings. The van der Waals surface area contributed by atoms with E-state index in [1.165, 1.54) is 6.92 Å². The molecule has 0 rings (SSSR count). The summed E-state index contributed by atoms with van der Waals surface area (Å²) in [5.74, 6) is -2.41. The van der Waals surface area contributed by atoms with E-state index in [4.69, 9.17) is 16.6 Å². The molecule has 86 valence electrons. The van der Waals surface area contributed by atoms with Gasteiger partial charge in [-0.05, 0) is 13.3 Å². The van der Waals surface area contributed by atoms with Gasteiger partial charge in [0.05, 0.1) is 6.04 Å². The Morgan fingerprint density at radius 3 is 2.27 bits per heavy atom. The molecule has 7 heteroatoms. The van der Waals surface area contributed by atoms with Crippen molar-refractivity contribution in [3.05, 3.63) is 0 Å². The average molecular weight is 217 g/mol. The molecule has 0 aliphatic heterocycles. The summed E-state index contributed by atoms with van der Waals surface area (Å²) >= 11 is 0. The fourth-order valence-corrected chi connectivity index (χ4v) is 0.847. The highest BCUT2D eigenvalue weighted by atomic mass is 16.4. The molecular weight excluding hydrogens is 202 g/mol. The second kappa shape index (κ2) is 5.97. The van der Waals surface area contributed by atoms with Gasteiger partial charge in [-0.25, -0.2) is 4.79 Å². The molecule has 0 saturated carbocycles. The number of aliphatic carboxylic acids is 1. The predicted octanol–water partition coefficient (Wildman–Crippen LogP) is -1.83. The molecule has 0 aliphatic carbocycles. The van der Waals surface area contributed by atoms with Crippen molar-refractivity contribution in [3.63, 3.8) is 0 Å². The second-order valence-corrected chi connectivity index (χ2v) is 3.19. The largest absolute Gasteiger partial charge is 0.480 e. The first-order valence-electron chi connectivity index (χ1n) is 4.41. The highest BCUT2D eigenvalue weighted by molar-refractivity contribution is 5.86. The first-order chi connectivity index (χ1) is 6.84. The zero-order chi connectivity index (χ0) is 12.0. The van der Waals surface area contributed by atoms with E-state index < -0.39 is 29.9 Å². The summed E-state index contributed by atoms with van der Waals surface area (Å²) in [7, 11) is 0. The van der Waals surface area contributed by atoms with Crippen molar-refractivity contribution in [2.45, 2.75) is 31.8 Å². The van der Waals surface area contributed by atoms with Crippen LogP contribution in [0.1, 0.15) is 19.8 Å². The number of carboxylic acids is 1. The van der Waals surface area contributed by atoms with Gasteiger partial charge < -0.3 is 21.9 Å². The summed E-state index contributed by atoms with van der Waals surface area (Å²) in [6.45, 7) is 1.43. The summed E-state index contributed by atoms with van der Waals surface area (Å²) in [5.41, 5.74) is 10.1. The number of carbonyl (C=O) groups excluding carboxylic acids is 2. The molecule has 6 N–H and O–H groups in total. The maximum Gasteiger partial charge on any atom is 0.326 e. The number of primary amides is 1. The van der Waals surface area contributed by atoms with Gasteiger partial charge >= 0.3 is 5.97 Å². The zero-order valence-electron chi connectivity index (χ0n) is 8.40. The van der Waals surface area contributed by atoms with Gasteiger partial charge in [0.1, 0.15) is 6.04 Å². The van der Waals surface area contributed by atoms with Crippen molar-refractivity contribution in [1.82, 2.24) is 5.32 Å². The van der Waals surface area contributed by atoms with Gasteiger partial charge in [0.25, 0.3) is 0 Å². The lowest BCUT2D eigenvalue weighted by atomic mass is 10.1. The van der Waals surface area contributed by atoms with Gasteiger partial charge in [0.2, 0.25) is 11.8 Å². The zero-order valence-corrected chi connectivity index (χ0v) is 8.40. The third-order valence-electron chi connectivity index (χ3n) is 1.71. The Bertz CT molecular complexity index is 265. The minimum atomic E-state index is -1.22. The van der Waals surface area contributed by atoms with Gasteiger partial charge in [0, 0.05) is 6.42 Å². The molecule has 0 aliphatic rings. The quantitative estimate of drug-likeness (QED) is 0.415. The molecule has 2 amide bonds. The fourth-order valence-electron chi connectivity index (χ4n) is 0.847. The SMILES string of the molecule is CC(N)C(=O)N[C@H](CCC(N)=O)C(=O)O. The summed E-state index contributed by atoms with van der Waals surface area (Å²) in [6.07, 6.45) is -0.140. The fraction of sp³-hybridized carbons (Fsp3) is 0.625. The van der Waals surface area contributed by atoms with Gasteiger partial charge in [0.15, 0.2) is 0 Å². The number of carbonyl (C=O) groups is 3. The van der Waals surface area contributed by atoms with Crippen LogP contribution in [-0.4, -0.2) is 35.0 Å². The number of carboxylic acid groups (broad SMARTS) is 1. The van der Waals surface area contributed by atoms with Crippen LogP contribution in [0.15, 0.2) is 0 Å². The van der Waals surface area contributed by atoms with Crippen molar-refractivity contribution in [3.8, 4) is 0 Å². The van der Waals surface area contributed by atoms with E-state index in [1.54, 1.807) is 0 Å². The van der Waals surface area contributed by atoms with E-state index in [1.807, 2.05) is 0 Å². The second-order valence-electron chi connectivity index (χ2n) is 3.19. The lowest BCUT2D eigenvalue weighted by molar-refractivity contribution is -0.142. The van der Waals surface area contributed by atoms with Crippen molar-refractivity contribution >= 4 is 17.8 Å². The third-order valence-corrected chi connectivity index (χ3v) is 1.71. The molecule has 0 bridgehead atoms. The smallest absolute Gasteiger partial charge is 0.326 e. The van der Waals surface area contributed by atoms with Crippen LogP contribution in [0.25, 0.3) is 0 Å². The van der Waals surface area contributed by atoms with Crippen LogP contribution in [0.3, 0.4) is 0 Å². The average Bonchev–Trinajstić information content (AvgIpc) is 2.10. The number of nitrogens with two attached hydrogens (primary N) is 2. The number of hydrogen-bond acceptors (Lipinski definition) is 4. The standard InChI is InChI=1S/C8H15N3O4/c1-4(9)7(13)11-5(8(14)15)2-3-6(10)12/h4-5H,2-3,9H2,1H3,(H2,10,12)(H,11,13)(H,14,15)/t4?,5-/m1/s1. The minimum absolute atomic E-state index is 0.0386. The number of amides is 2. The maximum atomic E-state index is 11.1. The Balaban J connectivity index is 4.22. The molecule has 0 fully saturated rings. The van der Waals surface area contributed by atoms with Crippen molar-refractivity contribution < 1.29 is 19.5 Å². The number of hydrogen-bond donors (Lipinski definition) is 4. The molecule has 0 heterocycles. The molecule has 2 atom stereocenters. The predicted molar refractivity (Wildman–Crippen MR) is 51.6 cm³/mol. The van der Waals surface area contributed by atoms with Crippen LogP contribution in [-0.2, 0) is 14.4 Å². The molecule has 0 aromatic carbocycles. The number of nitrogens with one attached hydrogen (secondary N) is 1. The summed E-state index contributed by atoms with van der Waals surface area (Å²) < 4.78 is 0. The molecule has 0 radical (unpaired) electrons. The molecule has 15 heavy (non-hydrogen) atoms. The highest BCUT2D eigenvalue weighted by Gasteiger charge is 2.21. The van der Waals surface area contributed by atoms with E-state index in [0.717, 1.165) is 0 Å². The molecule has 0 spiro atoms. The Morgan fingerprint density at radius 1 is 1.40 bits per heavy atom. The topological polar surface area (TPSA) is 136 Å². The van der Waals surface area contributed by atoms with E-state index in [0.29, 0.717) is 0 Å². The van der Waals surface area contributed by atoms with E-state index in [2.05, 4.69) is 5.32 Å². The summed E-state index contributed by atoms with van der Waals surface area (Å²) in [5, 5.41) is 10.9. The van der Waals surface area contributed by atoms with Gasteiger partial charge in [-0.3, -0.25) is 9.59 Å². The molecule has 7 nitrogen and oxygen atoms in total. The van der Waals surface area contributed by atoms with Crippen LogP contribution >= 0.6 is 0 Å². The Hall–Kier alpha value is -1.63. The first-order valence-corrected chi connectivity index (χ1v) is 4.41. The molecule has 1 unspecified atom stereocenters. The van der Waals surface area contributed by atoms with Crippen LogP contribution in [0.4, 0.5) is 0 Å². The monoisotopic (exact) mass is 217 g/mol. The van der Waals surface area contributed by atoms with Crippen molar-refractivity contribution in [2.75, 3.05) is 0 Å². The number of rotatable bonds is 6. The normalized spacial score (nSPS) is 14.0. The summed E-state index contributed by atoms with van der Waals surface area (Å²) in [6, 6.07) is -1.92. The third kappa shape index (κ3) is 5.63. The van der Waals surface area contributed by atoms with Gasteiger partial charge in [-0.2, -0.15) is 0 Å². The molecular formula is C8H15N3O4. The lowest BCUT2D eigenvalue weighted by Crippen LogP contribution is -2.47. The Kier molecular flexibility index (Phi) is 5.32. The summed E-state index contributed by atoms with van der Waals surface area (Å²) in [4.78, 5) is 32.2. The first kappa shape index (κ1) is 13.4. The Morgan fingerprint density at radius 2 is 1.93 bits per heavy atom. The minimum Gasteiger partial charge on any atom is -0.480 e.